The summed E-state index contributed by atoms with van der Waals surface area (Å²) in [5.41, 5.74) is 2.84. The van der Waals surface area contributed by atoms with Crippen molar-refractivity contribution in [2.24, 2.45) is 0 Å². The van der Waals surface area contributed by atoms with Crippen LogP contribution in [0.5, 0.6) is 0 Å². The van der Waals surface area contributed by atoms with Crippen molar-refractivity contribution in [2.75, 3.05) is 0 Å². The van der Waals surface area contributed by atoms with Gasteiger partial charge in [-0.1, -0.05) is 0 Å². The normalized spacial score (nSPS) is 15.2. The maximum absolute atomic E-state index is 12.3. The average molecular weight is 300 g/mol. The van der Waals surface area contributed by atoms with Gasteiger partial charge >= 0.3 is 5.97 Å². The summed E-state index contributed by atoms with van der Waals surface area (Å²) >= 11 is 0. The van der Waals surface area contributed by atoms with Crippen molar-refractivity contribution in [1.82, 2.24) is 19.7 Å². The Bertz CT molecular complexity index is 682. The van der Waals surface area contributed by atoms with Gasteiger partial charge < -0.3 is 4.74 Å². The Labute approximate surface area is 129 Å². The number of hydrogen-bond donors (Lipinski definition) is 0. The third kappa shape index (κ3) is 3.00. The fraction of sp³-hybridized carbons (Fsp3) is 0.500. The molecule has 2 aromatic rings. The lowest BCUT2D eigenvalue weighted by Crippen LogP contribution is -2.15. The highest BCUT2D eigenvalue weighted by molar-refractivity contribution is 5.90. The zero-order valence-corrected chi connectivity index (χ0v) is 13.2. The van der Waals surface area contributed by atoms with Gasteiger partial charge in [0.05, 0.1) is 5.69 Å². The van der Waals surface area contributed by atoms with E-state index in [1.54, 1.807) is 17.8 Å². The van der Waals surface area contributed by atoms with Gasteiger partial charge in [-0.25, -0.2) is 19.4 Å². The summed E-state index contributed by atoms with van der Waals surface area (Å²) in [7, 11) is 0. The van der Waals surface area contributed by atoms with Gasteiger partial charge in [-0.2, -0.15) is 5.10 Å². The Kier molecular flexibility index (Phi) is 3.92. The molecule has 0 bridgehead atoms. The van der Waals surface area contributed by atoms with Gasteiger partial charge in [0.25, 0.3) is 5.95 Å². The zero-order chi connectivity index (χ0) is 15.7. The standard InChI is InChI=1S/C16H20N4O2/c1-10-8-11(2)18-16(17-10)20-9-14(12(3)19-20)15(21)22-13-6-4-5-7-13/h8-9,13H,4-7H2,1-3H3. The van der Waals surface area contributed by atoms with Gasteiger partial charge in [0.1, 0.15) is 11.7 Å². The second kappa shape index (κ2) is 5.87. The highest BCUT2D eigenvalue weighted by Gasteiger charge is 2.23. The Hall–Kier alpha value is -2.24. The summed E-state index contributed by atoms with van der Waals surface area (Å²) in [5.74, 6) is 0.167. The Morgan fingerprint density at radius 1 is 1.18 bits per heavy atom. The number of nitrogens with zero attached hydrogens (tertiary/aromatic N) is 4. The molecule has 22 heavy (non-hydrogen) atoms. The van der Waals surface area contributed by atoms with Gasteiger partial charge in [-0.15, -0.1) is 0 Å². The fourth-order valence-corrected chi connectivity index (χ4v) is 2.79. The molecule has 0 radical (unpaired) electrons. The average Bonchev–Trinajstić information content (AvgIpc) is 3.07. The first-order valence-electron chi connectivity index (χ1n) is 7.63. The molecular formula is C16H20N4O2. The Balaban J connectivity index is 1.85. The molecule has 0 saturated heterocycles. The molecule has 2 heterocycles. The molecule has 0 atom stereocenters. The number of aryl methyl sites for hydroxylation is 3. The van der Waals surface area contributed by atoms with Crippen LogP contribution >= 0.6 is 0 Å². The Morgan fingerprint density at radius 2 is 1.82 bits per heavy atom. The van der Waals surface area contributed by atoms with E-state index >= 15 is 0 Å². The predicted molar refractivity (Wildman–Crippen MR) is 81.0 cm³/mol. The van der Waals surface area contributed by atoms with Crippen LogP contribution in [-0.4, -0.2) is 31.8 Å². The first-order chi connectivity index (χ1) is 10.5. The third-order valence-corrected chi connectivity index (χ3v) is 3.87. The van der Waals surface area contributed by atoms with Gasteiger partial charge in [-0.05, 0) is 52.5 Å². The van der Waals surface area contributed by atoms with E-state index in [0.29, 0.717) is 17.2 Å². The molecule has 0 N–H and O–H groups in total. The molecule has 116 valence electrons. The van der Waals surface area contributed by atoms with Crippen molar-refractivity contribution in [2.45, 2.75) is 52.6 Å². The van der Waals surface area contributed by atoms with Crippen LogP contribution in [-0.2, 0) is 4.74 Å². The third-order valence-electron chi connectivity index (χ3n) is 3.87. The molecule has 0 aromatic carbocycles. The van der Waals surface area contributed by atoms with Gasteiger partial charge in [0.15, 0.2) is 0 Å². The van der Waals surface area contributed by atoms with Crippen molar-refractivity contribution < 1.29 is 9.53 Å². The number of carbonyl (C=O) groups is 1. The van der Waals surface area contributed by atoms with Crippen molar-refractivity contribution in [3.63, 3.8) is 0 Å². The molecule has 0 aliphatic heterocycles. The van der Waals surface area contributed by atoms with Crippen molar-refractivity contribution in [3.8, 4) is 5.95 Å². The minimum absolute atomic E-state index is 0.0488. The topological polar surface area (TPSA) is 69.9 Å². The minimum Gasteiger partial charge on any atom is -0.459 e. The SMILES string of the molecule is Cc1cc(C)nc(-n2cc(C(=O)OC3CCCC3)c(C)n2)n1. The molecule has 3 rings (SSSR count). The molecule has 1 saturated carbocycles. The highest BCUT2D eigenvalue weighted by Crippen LogP contribution is 2.22. The smallest absolute Gasteiger partial charge is 0.341 e. The van der Waals surface area contributed by atoms with Crippen molar-refractivity contribution in [1.29, 1.82) is 0 Å². The fourth-order valence-electron chi connectivity index (χ4n) is 2.79. The molecular weight excluding hydrogens is 280 g/mol. The maximum atomic E-state index is 12.3. The molecule has 2 aromatic heterocycles. The van der Waals surface area contributed by atoms with Crippen molar-refractivity contribution in [3.05, 3.63) is 34.9 Å². The van der Waals surface area contributed by atoms with E-state index in [0.717, 1.165) is 37.1 Å². The second-order valence-electron chi connectivity index (χ2n) is 5.84. The lowest BCUT2D eigenvalue weighted by molar-refractivity contribution is 0.0317. The number of esters is 1. The number of ether oxygens (including phenoxy) is 1. The maximum Gasteiger partial charge on any atom is 0.341 e. The summed E-state index contributed by atoms with van der Waals surface area (Å²) in [6, 6.07) is 1.90. The quantitative estimate of drug-likeness (QED) is 0.815. The van der Waals surface area contributed by atoms with Gasteiger partial charge in [0, 0.05) is 17.6 Å². The Morgan fingerprint density at radius 3 is 2.45 bits per heavy atom. The molecule has 0 unspecified atom stereocenters. The molecule has 6 heteroatoms. The molecule has 0 spiro atoms. The van der Waals surface area contributed by atoms with E-state index in [-0.39, 0.29) is 12.1 Å². The molecule has 6 nitrogen and oxygen atoms in total. The number of aromatic nitrogens is 4. The summed E-state index contributed by atoms with van der Waals surface area (Å²) < 4.78 is 7.08. The lowest BCUT2D eigenvalue weighted by Gasteiger charge is -2.10. The molecule has 0 amide bonds. The number of hydrogen-bond acceptors (Lipinski definition) is 5. The first-order valence-corrected chi connectivity index (χ1v) is 7.63. The summed E-state index contributed by atoms with van der Waals surface area (Å²) in [6.07, 6.45) is 5.88. The van der Waals surface area contributed by atoms with E-state index in [9.17, 15) is 4.79 Å². The molecule has 1 aliphatic carbocycles. The summed E-state index contributed by atoms with van der Waals surface area (Å²) in [6.45, 7) is 5.61. The van der Waals surface area contributed by atoms with E-state index in [4.69, 9.17) is 4.74 Å². The van der Waals surface area contributed by atoms with E-state index in [2.05, 4.69) is 15.1 Å². The van der Waals surface area contributed by atoms with Crippen LogP contribution in [0.2, 0.25) is 0 Å². The van der Waals surface area contributed by atoms with E-state index in [1.165, 1.54) is 0 Å². The van der Waals surface area contributed by atoms with Crippen LogP contribution in [0.3, 0.4) is 0 Å². The number of rotatable bonds is 3. The molecule has 1 fully saturated rings. The van der Waals surface area contributed by atoms with Crippen LogP contribution in [0.15, 0.2) is 12.3 Å². The monoisotopic (exact) mass is 300 g/mol. The minimum atomic E-state index is -0.306. The first kappa shape index (κ1) is 14.7. The lowest BCUT2D eigenvalue weighted by atomic mass is 10.2. The number of carbonyl (C=O) groups excluding carboxylic acids is 1. The van der Waals surface area contributed by atoms with Gasteiger partial charge in [-0.3, -0.25) is 0 Å². The van der Waals surface area contributed by atoms with Crippen LogP contribution in [0.4, 0.5) is 0 Å². The summed E-state index contributed by atoms with van der Waals surface area (Å²) in [4.78, 5) is 21.0. The van der Waals surface area contributed by atoms with Crippen LogP contribution in [0, 0.1) is 20.8 Å². The molecule has 1 aliphatic rings. The van der Waals surface area contributed by atoms with Gasteiger partial charge in [0.2, 0.25) is 0 Å². The van der Waals surface area contributed by atoms with Crippen molar-refractivity contribution >= 4 is 5.97 Å². The largest absolute Gasteiger partial charge is 0.459 e. The predicted octanol–water partition coefficient (Wildman–Crippen LogP) is 2.69. The zero-order valence-electron chi connectivity index (χ0n) is 13.2. The highest BCUT2D eigenvalue weighted by atomic mass is 16.5. The van der Waals surface area contributed by atoms with Crippen LogP contribution in [0.25, 0.3) is 5.95 Å². The van der Waals surface area contributed by atoms with Crippen LogP contribution < -0.4 is 0 Å². The summed E-state index contributed by atoms with van der Waals surface area (Å²) in [5, 5.41) is 4.35. The second-order valence-corrected chi connectivity index (χ2v) is 5.84. The van der Waals surface area contributed by atoms with E-state index < -0.39 is 0 Å². The van der Waals surface area contributed by atoms with E-state index in [1.807, 2.05) is 19.9 Å². The van der Waals surface area contributed by atoms with Crippen LogP contribution in [0.1, 0.15) is 53.1 Å².